The van der Waals surface area contributed by atoms with Crippen LogP contribution in [0.5, 0.6) is 5.75 Å². The summed E-state index contributed by atoms with van der Waals surface area (Å²) in [4.78, 5) is 16.7. The molecule has 0 saturated carbocycles. The van der Waals surface area contributed by atoms with E-state index in [0.29, 0.717) is 35.3 Å². The van der Waals surface area contributed by atoms with Gasteiger partial charge in [0.2, 0.25) is 0 Å². The number of nitrogens with zero attached hydrogens (tertiary/aromatic N) is 3. The molecule has 0 atom stereocenters. The largest absolute Gasteiger partial charge is 0.493 e. The Morgan fingerprint density at radius 3 is 2.80 bits per heavy atom. The van der Waals surface area contributed by atoms with Crippen LogP contribution in [0.15, 0.2) is 47.4 Å². The highest BCUT2D eigenvalue weighted by Crippen LogP contribution is 2.23. The SMILES string of the molecule is N#Cc1cc2ccc(OCCCN)cc2n(-c2ccc(Cl)nc2)c1=O. The van der Waals surface area contributed by atoms with Crippen LogP contribution in [0, 0.1) is 11.3 Å². The Kier molecular flexibility index (Phi) is 4.98. The first-order valence-corrected chi connectivity index (χ1v) is 8.06. The van der Waals surface area contributed by atoms with E-state index in [2.05, 4.69) is 4.98 Å². The number of nitriles is 1. The van der Waals surface area contributed by atoms with Gasteiger partial charge in [0.1, 0.15) is 22.5 Å². The van der Waals surface area contributed by atoms with Gasteiger partial charge >= 0.3 is 0 Å². The Bertz CT molecular complexity index is 1010. The Balaban J connectivity index is 2.21. The van der Waals surface area contributed by atoms with Crippen LogP contribution in [0.3, 0.4) is 0 Å². The van der Waals surface area contributed by atoms with E-state index in [-0.39, 0.29) is 5.56 Å². The molecule has 1 aromatic carbocycles. The Morgan fingerprint density at radius 2 is 2.12 bits per heavy atom. The molecule has 2 heterocycles. The molecule has 7 heteroatoms. The van der Waals surface area contributed by atoms with Gasteiger partial charge in [0.25, 0.3) is 5.56 Å². The lowest BCUT2D eigenvalue weighted by Crippen LogP contribution is -2.21. The fraction of sp³-hybridized carbons (Fsp3) is 0.167. The molecule has 2 aromatic heterocycles. The first kappa shape index (κ1) is 17.0. The van der Waals surface area contributed by atoms with Crippen molar-refractivity contribution >= 4 is 22.5 Å². The van der Waals surface area contributed by atoms with Gasteiger partial charge in [-0.05, 0) is 43.3 Å². The van der Waals surface area contributed by atoms with Crippen LogP contribution in [0.25, 0.3) is 16.6 Å². The van der Waals surface area contributed by atoms with E-state index < -0.39 is 5.56 Å². The van der Waals surface area contributed by atoms with Crippen LogP contribution in [0.2, 0.25) is 5.15 Å². The second-order valence-electron chi connectivity index (χ2n) is 5.36. The minimum Gasteiger partial charge on any atom is -0.493 e. The lowest BCUT2D eigenvalue weighted by Gasteiger charge is -2.13. The Labute approximate surface area is 149 Å². The minimum atomic E-state index is -0.418. The van der Waals surface area contributed by atoms with Crippen molar-refractivity contribution in [2.24, 2.45) is 5.73 Å². The quantitative estimate of drug-likeness (QED) is 0.561. The molecule has 0 bridgehead atoms. The third kappa shape index (κ3) is 3.48. The molecule has 0 radical (unpaired) electrons. The standard InChI is InChI=1S/C18H15ClN4O2/c19-17-5-3-14(11-22-17)23-16-9-15(25-7-1-6-20)4-2-12(16)8-13(10-21)18(23)24/h2-5,8-9,11H,1,6-7,20H2. The summed E-state index contributed by atoms with van der Waals surface area (Å²) in [6.07, 6.45) is 2.23. The van der Waals surface area contributed by atoms with Crippen LogP contribution in [-0.4, -0.2) is 22.7 Å². The van der Waals surface area contributed by atoms with E-state index in [9.17, 15) is 10.1 Å². The first-order chi connectivity index (χ1) is 12.1. The molecule has 126 valence electrons. The second-order valence-corrected chi connectivity index (χ2v) is 5.75. The summed E-state index contributed by atoms with van der Waals surface area (Å²) in [6, 6.07) is 12.2. The molecule has 0 unspecified atom stereocenters. The Hall–Kier alpha value is -2.88. The highest BCUT2D eigenvalue weighted by molar-refractivity contribution is 6.29. The number of pyridine rings is 2. The summed E-state index contributed by atoms with van der Waals surface area (Å²) in [7, 11) is 0. The summed E-state index contributed by atoms with van der Waals surface area (Å²) in [5.41, 5.74) is 6.26. The number of fused-ring (bicyclic) bond motifs is 1. The third-order valence-corrected chi connectivity index (χ3v) is 3.91. The lowest BCUT2D eigenvalue weighted by atomic mass is 10.1. The van der Waals surface area contributed by atoms with Crippen molar-refractivity contribution in [3.8, 4) is 17.5 Å². The highest BCUT2D eigenvalue weighted by Gasteiger charge is 2.12. The maximum absolute atomic E-state index is 12.7. The number of rotatable bonds is 5. The number of hydrogen-bond donors (Lipinski definition) is 1. The molecule has 25 heavy (non-hydrogen) atoms. The van der Waals surface area contributed by atoms with Gasteiger partial charge in [0.05, 0.1) is 24.0 Å². The zero-order valence-corrected chi connectivity index (χ0v) is 14.0. The molecule has 2 N–H and O–H groups in total. The zero-order chi connectivity index (χ0) is 17.8. The molecule has 0 fully saturated rings. The van der Waals surface area contributed by atoms with Crippen molar-refractivity contribution in [3.63, 3.8) is 0 Å². The number of nitrogens with two attached hydrogens (primary N) is 1. The molecule has 0 aliphatic heterocycles. The molecule has 3 aromatic rings. The van der Waals surface area contributed by atoms with E-state index in [1.807, 2.05) is 12.1 Å². The van der Waals surface area contributed by atoms with Gasteiger partial charge < -0.3 is 10.5 Å². The maximum Gasteiger partial charge on any atom is 0.273 e. The van der Waals surface area contributed by atoms with Gasteiger partial charge in [-0.3, -0.25) is 9.36 Å². The predicted molar refractivity (Wildman–Crippen MR) is 96.2 cm³/mol. The fourth-order valence-corrected chi connectivity index (χ4v) is 2.60. The number of halogens is 1. The van der Waals surface area contributed by atoms with Gasteiger partial charge in [-0.15, -0.1) is 0 Å². The zero-order valence-electron chi connectivity index (χ0n) is 13.3. The highest BCUT2D eigenvalue weighted by atomic mass is 35.5. The van der Waals surface area contributed by atoms with Crippen LogP contribution in [0.4, 0.5) is 0 Å². The van der Waals surface area contributed by atoms with Crippen molar-refractivity contribution in [2.75, 3.05) is 13.2 Å². The van der Waals surface area contributed by atoms with Crippen molar-refractivity contribution in [1.82, 2.24) is 9.55 Å². The summed E-state index contributed by atoms with van der Waals surface area (Å²) >= 11 is 5.83. The van der Waals surface area contributed by atoms with E-state index in [4.69, 9.17) is 22.1 Å². The van der Waals surface area contributed by atoms with Crippen molar-refractivity contribution < 1.29 is 4.74 Å². The van der Waals surface area contributed by atoms with Gasteiger partial charge in [-0.1, -0.05) is 11.6 Å². The minimum absolute atomic E-state index is 0.0549. The van der Waals surface area contributed by atoms with Crippen molar-refractivity contribution in [1.29, 1.82) is 5.26 Å². The van der Waals surface area contributed by atoms with Gasteiger partial charge in [-0.25, -0.2) is 4.98 Å². The van der Waals surface area contributed by atoms with Crippen LogP contribution >= 0.6 is 11.6 Å². The van der Waals surface area contributed by atoms with Gasteiger partial charge in [0, 0.05) is 11.5 Å². The predicted octanol–water partition coefficient (Wildman–Crippen LogP) is 2.64. The van der Waals surface area contributed by atoms with E-state index >= 15 is 0 Å². The lowest BCUT2D eigenvalue weighted by molar-refractivity contribution is 0.314. The monoisotopic (exact) mass is 354 g/mol. The maximum atomic E-state index is 12.7. The number of benzene rings is 1. The summed E-state index contributed by atoms with van der Waals surface area (Å²) in [5.74, 6) is 0.626. The topological polar surface area (TPSA) is 93.9 Å². The average Bonchev–Trinajstić information content (AvgIpc) is 2.62. The molecule has 0 amide bonds. The van der Waals surface area contributed by atoms with E-state index in [1.54, 1.807) is 30.3 Å². The van der Waals surface area contributed by atoms with Crippen molar-refractivity contribution in [3.05, 3.63) is 63.7 Å². The third-order valence-electron chi connectivity index (χ3n) is 3.68. The summed E-state index contributed by atoms with van der Waals surface area (Å²) in [5, 5.41) is 10.3. The first-order valence-electron chi connectivity index (χ1n) is 7.69. The number of ether oxygens (including phenoxy) is 1. The molecule has 3 rings (SSSR count). The van der Waals surface area contributed by atoms with Crippen LogP contribution in [0.1, 0.15) is 12.0 Å². The number of hydrogen-bond acceptors (Lipinski definition) is 5. The molecular weight excluding hydrogens is 340 g/mol. The second kappa shape index (κ2) is 7.34. The molecular formula is C18H15ClN4O2. The van der Waals surface area contributed by atoms with Gasteiger partial charge in [-0.2, -0.15) is 5.26 Å². The molecule has 0 aliphatic carbocycles. The summed E-state index contributed by atoms with van der Waals surface area (Å²) in [6.45, 7) is 1.03. The molecule has 0 saturated heterocycles. The molecule has 0 spiro atoms. The van der Waals surface area contributed by atoms with E-state index in [0.717, 1.165) is 11.8 Å². The van der Waals surface area contributed by atoms with E-state index in [1.165, 1.54) is 10.8 Å². The van der Waals surface area contributed by atoms with Crippen molar-refractivity contribution in [2.45, 2.75) is 6.42 Å². The normalized spacial score (nSPS) is 10.6. The molecule has 6 nitrogen and oxygen atoms in total. The fourth-order valence-electron chi connectivity index (χ4n) is 2.49. The van der Waals surface area contributed by atoms with Crippen LogP contribution < -0.4 is 16.0 Å². The Morgan fingerprint density at radius 1 is 1.28 bits per heavy atom. The molecule has 0 aliphatic rings. The van der Waals surface area contributed by atoms with Crippen LogP contribution in [-0.2, 0) is 0 Å². The smallest absolute Gasteiger partial charge is 0.273 e. The number of aromatic nitrogens is 2. The summed E-state index contributed by atoms with van der Waals surface area (Å²) < 4.78 is 7.10. The average molecular weight is 355 g/mol. The van der Waals surface area contributed by atoms with Gasteiger partial charge in [0.15, 0.2) is 0 Å².